The first-order valence-electron chi connectivity index (χ1n) is 5.59. The van der Waals surface area contributed by atoms with Gasteiger partial charge in [-0.3, -0.25) is 19.8 Å². The topological polar surface area (TPSA) is 96.7 Å². The number of nitrogens with one attached hydrogen (secondary N) is 1. The van der Waals surface area contributed by atoms with Gasteiger partial charge in [0.25, 0.3) is 0 Å². The third kappa shape index (κ3) is 1.82. The molecule has 96 valence electrons. The van der Waals surface area contributed by atoms with Gasteiger partial charge in [-0.15, -0.1) is 0 Å². The van der Waals surface area contributed by atoms with E-state index in [4.69, 9.17) is 0 Å². The second-order valence-electron chi connectivity index (χ2n) is 4.04. The highest BCUT2D eigenvalue weighted by atomic mass is 16.2. The summed E-state index contributed by atoms with van der Waals surface area (Å²) in [5.74, 6) is -0.305. The maximum absolute atomic E-state index is 11.7. The third-order valence-electron chi connectivity index (χ3n) is 2.88. The second kappa shape index (κ2) is 4.16. The minimum absolute atomic E-state index is 0.222. The molecule has 1 saturated heterocycles. The molecule has 1 aliphatic rings. The van der Waals surface area contributed by atoms with E-state index in [0.717, 1.165) is 0 Å². The number of amides is 3. The van der Waals surface area contributed by atoms with Gasteiger partial charge in [0, 0.05) is 19.0 Å². The van der Waals surface area contributed by atoms with Crippen LogP contribution in [0.1, 0.15) is 16.9 Å². The van der Waals surface area contributed by atoms with Gasteiger partial charge in [-0.05, 0) is 6.07 Å². The normalized spacial score (nSPS) is 15.7. The summed E-state index contributed by atoms with van der Waals surface area (Å²) in [5, 5.41) is 6.13. The Morgan fingerprint density at radius 2 is 2.16 bits per heavy atom. The summed E-state index contributed by atoms with van der Waals surface area (Å²) < 4.78 is 1.38. The fourth-order valence-corrected chi connectivity index (χ4v) is 1.98. The number of aromatic nitrogens is 3. The molecule has 0 atom stereocenters. The molecule has 1 aliphatic heterocycles. The average molecular weight is 259 g/mol. The molecule has 0 aliphatic carbocycles. The van der Waals surface area contributed by atoms with Crippen molar-refractivity contribution in [2.24, 2.45) is 0 Å². The number of anilines is 1. The van der Waals surface area contributed by atoms with Crippen LogP contribution in [0.25, 0.3) is 5.65 Å². The largest absolute Gasteiger partial charge is 0.328 e. The lowest BCUT2D eigenvalue weighted by Gasteiger charge is -2.26. The van der Waals surface area contributed by atoms with Crippen molar-refractivity contribution >= 4 is 29.6 Å². The lowest BCUT2D eigenvalue weighted by Crippen LogP contribution is -2.49. The average Bonchev–Trinajstić information content (AvgIpc) is 2.85. The number of fused-ring (bicyclic) bond motifs is 1. The fraction of sp³-hybridized carbons (Fsp3) is 0.182. The van der Waals surface area contributed by atoms with E-state index in [2.05, 4.69) is 15.4 Å². The zero-order valence-corrected chi connectivity index (χ0v) is 9.74. The predicted octanol–water partition coefficient (Wildman–Crippen LogP) is -0.0119. The zero-order valence-electron chi connectivity index (χ0n) is 9.74. The Bertz CT molecular complexity index is 693. The van der Waals surface area contributed by atoms with E-state index >= 15 is 0 Å². The number of carbonyl (C=O) groups is 3. The molecule has 2 aromatic rings. The van der Waals surface area contributed by atoms with Crippen LogP contribution in [0.15, 0.2) is 18.5 Å². The Hall–Kier alpha value is -2.77. The summed E-state index contributed by atoms with van der Waals surface area (Å²) in [6, 6.07) is 2.66. The fourth-order valence-electron chi connectivity index (χ4n) is 1.98. The Balaban J connectivity index is 2.07. The van der Waals surface area contributed by atoms with Crippen molar-refractivity contribution in [1.29, 1.82) is 0 Å². The van der Waals surface area contributed by atoms with E-state index in [1.165, 1.54) is 21.8 Å². The van der Waals surface area contributed by atoms with Crippen molar-refractivity contribution < 1.29 is 14.4 Å². The van der Waals surface area contributed by atoms with E-state index in [1.54, 1.807) is 6.07 Å². The van der Waals surface area contributed by atoms with Crippen molar-refractivity contribution in [3.8, 4) is 0 Å². The van der Waals surface area contributed by atoms with Crippen LogP contribution in [0.5, 0.6) is 0 Å². The molecule has 3 heterocycles. The molecule has 19 heavy (non-hydrogen) atoms. The van der Waals surface area contributed by atoms with Crippen LogP contribution in [0, 0.1) is 0 Å². The van der Waals surface area contributed by atoms with Crippen LogP contribution in [-0.4, -0.2) is 39.4 Å². The molecule has 1 N–H and O–H groups in total. The minimum atomic E-state index is -0.503. The summed E-state index contributed by atoms with van der Waals surface area (Å²) in [6.07, 6.45) is 2.18. The van der Waals surface area contributed by atoms with Crippen LogP contribution in [0.2, 0.25) is 0 Å². The first kappa shape index (κ1) is 11.3. The molecule has 3 amide bonds. The SMILES string of the molecule is O=Cc1cc(N2CCC(=O)NC2=O)cc2ncnn12. The number of hydrogen-bond acceptors (Lipinski definition) is 5. The van der Waals surface area contributed by atoms with E-state index in [9.17, 15) is 14.4 Å². The number of nitrogens with zero attached hydrogens (tertiary/aromatic N) is 4. The Morgan fingerprint density at radius 3 is 2.89 bits per heavy atom. The molecular formula is C11H9N5O3. The summed E-state index contributed by atoms with van der Waals surface area (Å²) >= 11 is 0. The van der Waals surface area contributed by atoms with E-state index in [0.29, 0.717) is 17.6 Å². The number of pyridine rings is 1. The molecule has 2 aromatic heterocycles. The lowest BCUT2D eigenvalue weighted by molar-refractivity contribution is -0.120. The van der Waals surface area contributed by atoms with Crippen molar-refractivity contribution in [1.82, 2.24) is 19.9 Å². The van der Waals surface area contributed by atoms with E-state index in [1.807, 2.05) is 0 Å². The Morgan fingerprint density at radius 1 is 1.32 bits per heavy atom. The maximum atomic E-state index is 11.7. The highest BCUT2D eigenvalue weighted by Crippen LogP contribution is 2.20. The maximum Gasteiger partial charge on any atom is 0.328 e. The first-order valence-corrected chi connectivity index (χ1v) is 5.59. The Kier molecular flexibility index (Phi) is 2.48. The molecule has 0 saturated carbocycles. The van der Waals surface area contributed by atoms with Crippen LogP contribution in [-0.2, 0) is 4.79 Å². The molecule has 0 aromatic carbocycles. The standard InChI is InChI=1S/C11H9N5O3/c17-5-8-3-7(4-9-12-6-13-16(8)9)15-2-1-10(18)14-11(15)19/h3-6H,1-2H2,(H,14,18,19). The molecule has 0 bridgehead atoms. The number of urea groups is 1. The van der Waals surface area contributed by atoms with Crippen molar-refractivity contribution in [3.63, 3.8) is 0 Å². The number of aldehydes is 1. The van der Waals surface area contributed by atoms with Crippen LogP contribution in [0.4, 0.5) is 10.5 Å². The van der Waals surface area contributed by atoms with Crippen LogP contribution < -0.4 is 10.2 Å². The quantitative estimate of drug-likeness (QED) is 0.765. The van der Waals surface area contributed by atoms with Crippen molar-refractivity contribution in [2.45, 2.75) is 6.42 Å². The highest BCUT2D eigenvalue weighted by Gasteiger charge is 2.25. The van der Waals surface area contributed by atoms with Gasteiger partial charge >= 0.3 is 6.03 Å². The molecule has 0 spiro atoms. The molecule has 8 nitrogen and oxygen atoms in total. The number of rotatable bonds is 2. The second-order valence-corrected chi connectivity index (χ2v) is 4.04. The summed E-state index contributed by atoms with van der Waals surface area (Å²) in [6.45, 7) is 0.271. The minimum Gasteiger partial charge on any atom is -0.296 e. The zero-order chi connectivity index (χ0) is 13.4. The summed E-state index contributed by atoms with van der Waals surface area (Å²) in [5.41, 5.74) is 1.26. The number of hydrogen-bond donors (Lipinski definition) is 1. The van der Waals surface area contributed by atoms with Gasteiger partial charge in [0.1, 0.15) is 12.0 Å². The van der Waals surface area contributed by atoms with Gasteiger partial charge in [-0.2, -0.15) is 5.10 Å². The predicted molar refractivity (Wildman–Crippen MR) is 63.9 cm³/mol. The smallest absolute Gasteiger partial charge is 0.296 e. The highest BCUT2D eigenvalue weighted by molar-refractivity contribution is 6.06. The number of carbonyl (C=O) groups excluding carboxylic acids is 3. The van der Waals surface area contributed by atoms with Gasteiger partial charge in [0.2, 0.25) is 5.91 Å². The van der Waals surface area contributed by atoms with Gasteiger partial charge in [-0.1, -0.05) is 0 Å². The number of imide groups is 1. The molecular weight excluding hydrogens is 250 g/mol. The van der Waals surface area contributed by atoms with Crippen LogP contribution >= 0.6 is 0 Å². The van der Waals surface area contributed by atoms with E-state index < -0.39 is 6.03 Å². The molecule has 0 unspecified atom stereocenters. The van der Waals surface area contributed by atoms with Gasteiger partial charge in [0.05, 0.1) is 5.69 Å². The van der Waals surface area contributed by atoms with Gasteiger partial charge in [-0.25, -0.2) is 14.3 Å². The van der Waals surface area contributed by atoms with E-state index in [-0.39, 0.29) is 24.6 Å². The third-order valence-corrected chi connectivity index (χ3v) is 2.88. The van der Waals surface area contributed by atoms with Crippen LogP contribution in [0.3, 0.4) is 0 Å². The lowest BCUT2D eigenvalue weighted by atomic mass is 10.2. The van der Waals surface area contributed by atoms with Crippen molar-refractivity contribution in [3.05, 3.63) is 24.2 Å². The van der Waals surface area contributed by atoms with Gasteiger partial charge in [0.15, 0.2) is 11.9 Å². The van der Waals surface area contributed by atoms with Crippen molar-refractivity contribution in [2.75, 3.05) is 11.4 Å². The molecule has 0 radical (unpaired) electrons. The summed E-state index contributed by atoms with van der Waals surface area (Å²) in [4.78, 5) is 39.3. The molecule has 1 fully saturated rings. The first-order chi connectivity index (χ1) is 9.19. The Labute approximate surface area is 107 Å². The van der Waals surface area contributed by atoms with Gasteiger partial charge < -0.3 is 0 Å². The monoisotopic (exact) mass is 259 g/mol. The summed E-state index contributed by atoms with van der Waals surface area (Å²) in [7, 11) is 0. The molecule has 3 rings (SSSR count). The molecule has 8 heteroatoms.